The van der Waals surface area contributed by atoms with E-state index in [4.69, 9.17) is 4.74 Å². The minimum atomic E-state index is -0.142. The first kappa shape index (κ1) is 25.4. The zero-order valence-corrected chi connectivity index (χ0v) is 20.6. The number of nitrogens with one attached hydrogen (secondary N) is 4. The standard InChI is InChI=1S/C23H29N5O3.HI/c1-3-24-23(26-13-12-25-22(30)16-8-10-18(31-2)11-9-16)27-15-17-14-21(29)28-20-7-5-4-6-19(17)20;/h4-11,17H,3,12-15H2,1-2H3,(H,25,30)(H,28,29)(H2,24,26,27);1H. The van der Waals surface area contributed by atoms with Gasteiger partial charge < -0.3 is 26.0 Å². The number of benzene rings is 2. The minimum Gasteiger partial charge on any atom is -0.497 e. The zero-order chi connectivity index (χ0) is 22.1. The lowest BCUT2D eigenvalue weighted by molar-refractivity contribution is -0.116. The number of guanidine groups is 1. The fourth-order valence-electron chi connectivity index (χ4n) is 3.41. The van der Waals surface area contributed by atoms with Crippen LogP contribution in [-0.4, -0.2) is 51.1 Å². The average molecular weight is 551 g/mol. The molecule has 2 aromatic carbocycles. The molecule has 0 radical (unpaired) electrons. The summed E-state index contributed by atoms with van der Waals surface area (Å²) >= 11 is 0. The van der Waals surface area contributed by atoms with Crippen molar-refractivity contribution in [2.24, 2.45) is 4.99 Å². The van der Waals surface area contributed by atoms with Crippen molar-refractivity contribution >= 4 is 47.4 Å². The van der Waals surface area contributed by atoms with Gasteiger partial charge in [-0.15, -0.1) is 24.0 Å². The number of nitrogens with zero attached hydrogens (tertiary/aromatic N) is 1. The van der Waals surface area contributed by atoms with Crippen molar-refractivity contribution in [2.75, 3.05) is 38.6 Å². The van der Waals surface area contributed by atoms with Crippen LogP contribution in [0.3, 0.4) is 0 Å². The summed E-state index contributed by atoms with van der Waals surface area (Å²) in [6, 6.07) is 14.8. The number of hydrogen-bond donors (Lipinski definition) is 4. The van der Waals surface area contributed by atoms with Gasteiger partial charge >= 0.3 is 0 Å². The van der Waals surface area contributed by atoms with E-state index in [0.717, 1.165) is 11.3 Å². The van der Waals surface area contributed by atoms with Crippen LogP contribution in [0.4, 0.5) is 5.69 Å². The Bertz CT molecular complexity index is 933. The summed E-state index contributed by atoms with van der Waals surface area (Å²) in [5.74, 6) is 1.27. The van der Waals surface area contributed by atoms with E-state index in [-0.39, 0.29) is 41.7 Å². The van der Waals surface area contributed by atoms with Crippen LogP contribution in [0.2, 0.25) is 0 Å². The van der Waals surface area contributed by atoms with Crippen LogP contribution in [0.15, 0.2) is 53.5 Å². The smallest absolute Gasteiger partial charge is 0.251 e. The molecule has 1 heterocycles. The van der Waals surface area contributed by atoms with Crippen molar-refractivity contribution in [3.63, 3.8) is 0 Å². The third kappa shape index (κ3) is 7.11. The van der Waals surface area contributed by atoms with Crippen molar-refractivity contribution < 1.29 is 14.3 Å². The number of halogens is 1. The molecule has 1 aliphatic rings. The molecule has 172 valence electrons. The van der Waals surface area contributed by atoms with Crippen molar-refractivity contribution in [2.45, 2.75) is 19.3 Å². The maximum atomic E-state index is 12.2. The Morgan fingerprint density at radius 1 is 1.09 bits per heavy atom. The molecule has 0 bridgehead atoms. The second-order valence-electron chi connectivity index (χ2n) is 7.17. The number of carbonyl (C=O) groups is 2. The molecule has 0 saturated heterocycles. The number of amides is 2. The molecule has 0 fully saturated rings. The van der Waals surface area contributed by atoms with Gasteiger partial charge in [-0.05, 0) is 42.8 Å². The molecular formula is C23H30IN5O3. The second kappa shape index (κ2) is 12.9. The van der Waals surface area contributed by atoms with Crippen LogP contribution >= 0.6 is 24.0 Å². The molecule has 8 nitrogen and oxygen atoms in total. The van der Waals surface area contributed by atoms with Crippen LogP contribution in [-0.2, 0) is 4.79 Å². The number of rotatable bonds is 8. The van der Waals surface area contributed by atoms with Gasteiger partial charge in [0.2, 0.25) is 5.91 Å². The molecule has 0 saturated carbocycles. The molecule has 0 aliphatic carbocycles. The van der Waals surface area contributed by atoms with Gasteiger partial charge in [0.05, 0.1) is 13.7 Å². The Labute approximate surface area is 205 Å². The molecule has 0 spiro atoms. The van der Waals surface area contributed by atoms with Crippen LogP contribution in [0.5, 0.6) is 5.75 Å². The first-order chi connectivity index (χ1) is 15.1. The third-order valence-corrected chi connectivity index (χ3v) is 4.98. The molecule has 4 N–H and O–H groups in total. The van der Waals surface area contributed by atoms with E-state index >= 15 is 0 Å². The van der Waals surface area contributed by atoms with Gasteiger partial charge in [0.15, 0.2) is 5.96 Å². The lowest BCUT2D eigenvalue weighted by atomic mass is 9.91. The summed E-state index contributed by atoms with van der Waals surface area (Å²) in [6.45, 7) is 4.18. The van der Waals surface area contributed by atoms with Crippen molar-refractivity contribution in [3.8, 4) is 5.75 Å². The number of carbonyl (C=O) groups excluding carboxylic acids is 2. The van der Waals surface area contributed by atoms with E-state index < -0.39 is 0 Å². The van der Waals surface area contributed by atoms with Gasteiger partial charge in [-0.1, -0.05) is 18.2 Å². The quantitative estimate of drug-likeness (QED) is 0.175. The van der Waals surface area contributed by atoms with Gasteiger partial charge in [0, 0.05) is 43.2 Å². The number of anilines is 1. The van der Waals surface area contributed by atoms with Crippen molar-refractivity contribution in [1.82, 2.24) is 16.0 Å². The van der Waals surface area contributed by atoms with Gasteiger partial charge in [-0.3, -0.25) is 14.6 Å². The van der Waals surface area contributed by atoms with Gasteiger partial charge in [0.25, 0.3) is 5.91 Å². The summed E-state index contributed by atoms with van der Waals surface area (Å²) < 4.78 is 5.10. The molecule has 3 rings (SSSR count). The summed E-state index contributed by atoms with van der Waals surface area (Å²) in [6.07, 6.45) is 0.415. The fourth-order valence-corrected chi connectivity index (χ4v) is 3.41. The van der Waals surface area contributed by atoms with Gasteiger partial charge in [0.1, 0.15) is 5.75 Å². The molecule has 2 amide bonds. The largest absolute Gasteiger partial charge is 0.497 e. The predicted octanol–water partition coefficient (Wildman–Crippen LogP) is 2.72. The lowest BCUT2D eigenvalue weighted by Crippen LogP contribution is -2.41. The van der Waals surface area contributed by atoms with E-state index in [9.17, 15) is 9.59 Å². The van der Waals surface area contributed by atoms with Crippen LogP contribution in [0.1, 0.15) is 35.2 Å². The molecule has 0 aromatic heterocycles. The summed E-state index contributed by atoms with van der Waals surface area (Å²) in [5, 5.41) is 12.2. The van der Waals surface area contributed by atoms with Gasteiger partial charge in [-0.2, -0.15) is 0 Å². The topological polar surface area (TPSA) is 104 Å². The van der Waals surface area contributed by atoms with E-state index in [1.54, 1.807) is 31.4 Å². The Kier molecular flexibility index (Phi) is 10.3. The number of ether oxygens (including phenoxy) is 1. The van der Waals surface area contributed by atoms with E-state index in [2.05, 4.69) is 26.3 Å². The Hall–Kier alpha value is -2.82. The number of aliphatic imine (C=N–C) groups is 1. The molecule has 2 aromatic rings. The van der Waals surface area contributed by atoms with Crippen LogP contribution < -0.4 is 26.0 Å². The Morgan fingerprint density at radius 3 is 2.53 bits per heavy atom. The number of methoxy groups -OCH3 is 1. The SMILES string of the molecule is CCNC(=NCC1CC(=O)Nc2ccccc21)NCCNC(=O)c1ccc(OC)cc1.I. The third-order valence-electron chi connectivity index (χ3n) is 4.98. The monoisotopic (exact) mass is 551 g/mol. The van der Waals surface area contributed by atoms with Crippen LogP contribution in [0.25, 0.3) is 0 Å². The second-order valence-corrected chi connectivity index (χ2v) is 7.17. The molecule has 9 heteroatoms. The molecule has 1 unspecified atom stereocenters. The molecule has 1 atom stereocenters. The molecule has 1 aliphatic heterocycles. The summed E-state index contributed by atoms with van der Waals surface area (Å²) in [7, 11) is 1.59. The highest BCUT2D eigenvalue weighted by atomic mass is 127. The average Bonchev–Trinajstić information content (AvgIpc) is 2.79. The highest BCUT2D eigenvalue weighted by molar-refractivity contribution is 14.0. The minimum absolute atomic E-state index is 0. The molecule has 32 heavy (non-hydrogen) atoms. The van der Waals surface area contributed by atoms with E-state index in [0.29, 0.717) is 49.9 Å². The normalized spacial score (nSPS) is 15.0. The lowest BCUT2D eigenvalue weighted by Gasteiger charge is -2.24. The van der Waals surface area contributed by atoms with Crippen molar-refractivity contribution in [3.05, 3.63) is 59.7 Å². The van der Waals surface area contributed by atoms with E-state index in [1.807, 2.05) is 31.2 Å². The number of hydrogen-bond acceptors (Lipinski definition) is 4. The van der Waals surface area contributed by atoms with Crippen LogP contribution in [0, 0.1) is 0 Å². The molecular weight excluding hydrogens is 521 g/mol. The summed E-state index contributed by atoms with van der Waals surface area (Å²) in [4.78, 5) is 28.9. The maximum absolute atomic E-state index is 12.2. The Morgan fingerprint density at radius 2 is 1.81 bits per heavy atom. The Balaban J connectivity index is 0.00000363. The number of para-hydroxylation sites is 1. The highest BCUT2D eigenvalue weighted by Gasteiger charge is 2.24. The zero-order valence-electron chi connectivity index (χ0n) is 18.3. The summed E-state index contributed by atoms with van der Waals surface area (Å²) in [5.41, 5.74) is 2.54. The maximum Gasteiger partial charge on any atom is 0.251 e. The first-order valence-corrected chi connectivity index (χ1v) is 10.4. The fraction of sp³-hybridized carbons (Fsp3) is 0.348. The first-order valence-electron chi connectivity index (χ1n) is 10.4. The highest BCUT2D eigenvalue weighted by Crippen LogP contribution is 2.31. The van der Waals surface area contributed by atoms with E-state index in [1.165, 1.54) is 0 Å². The number of fused-ring (bicyclic) bond motifs is 1. The predicted molar refractivity (Wildman–Crippen MR) is 137 cm³/mol. The van der Waals surface area contributed by atoms with Crippen molar-refractivity contribution in [1.29, 1.82) is 0 Å². The van der Waals surface area contributed by atoms with Gasteiger partial charge in [-0.25, -0.2) is 0 Å².